The molecule has 0 saturated carbocycles. The number of nitrogens with zero attached hydrogens (tertiary/aromatic N) is 1. The van der Waals surface area contributed by atoms with Crippen LogP contribution in [0.25, 0.3) is 0 Å². The monoisotopic (exact) mass is 430 g/mol. The molecule has 0 radical (unpaired) electrons. The van der Waals surface area contributed by atoms with E-state index in [4.69, 9.17) is 21.1 Å². The van der Waals surface area contributed by atoms with Crippen LogP contribution in [0, 0.1) is 0 Å². The lowest BCUT2D eigenvalue weighted by atomic mass is 9.97. The van der Waals surface area contributed by atoms with Gasteiger partial charge >= 0.3 is 0 Å². The Morgan fingerprint density at radius 2 is 1.93 bits per heavy atom. The molecule has 0 saturated heterocycles. The number of anilines is 1. The number of sulfonamides is 1. The maximum Gasteiger partial charge on any atom is 0.240 e. The van der Waals surface area contributed by atoms with Gasteiger partial charge in [-0.2, -0.15) is 0 Å². The summed E-state index contributed by atoms with van der Waals surface area (Å²) in [6.07, 6.45) is 8.58. The lowest BCUT2D eigenvalue weighted by Gasteiger charge is -2.24. The molecule has 0 spiro atoms. The minimum atomic E-state index is -3.75. The first-order valence-corrected chi connectivity index (χ1v) is 11.3. The summed E-state index contributed by atoms with van der Waals surface area (Å²) in [4.78, 5) is 12.4. The van der Waals surface area contributed by atoms with Crippen molar-refractivity contribution in [1.29, 1.82) is 0 Å². The van der Waals surface area contributed by atoms with E-state index >= 15 is 0 Å². The van der Waals surface area contributed by atoms with Gasteiger partial charge in [-0.25, -0.2) is 8.42 Å². The average Bonchev–Trinajstić information content (AvgIpc) is 2.66. The molecule has 2 rings (SSSR count). The zero-order valence-electron chi connectivity index (χ0n) is 16.5. The van der Waals surface area contributed by atoms with Gasteiger partial charge in [0.05, 0.1) is 31.2 Å². The molecule has 7 nitrogen and oxygen atoms in total. The zero-order chi connectivity index (χ0) is 20.7. The van der Waals surface area contributed by atoms with Crippen LogP contribution < -0.4 is 19.1 Å². The van der Waals surface area contributed by atoms with Crippen LogP contribution >= 0.6 is 11.6 Å². The highest BCUT2D eigenvalue weighted by atomic mass is 35.5. The SMILES string of the molecule is COc1cc(N(CC(=O)NCCC2=CCCCC2)S(C)(=O)=O)c(OC)cc1Cl. The van der Waals surface area contributed by atoms with Gasteiger partial charge in [-0.1, -0.05) is 23.3 Å². The van der Waals surface area contributed by atoms with Crippen molar-refractivity contribution >= 4 is 33.2 Å². The number of hydrogen-bond acceptors (Lipinski definition) is 5. The number of carbonyl (C=O) groups is 1. The lowest BCUT2D eigenvalue weighted by molar-refractivity contribution is -0.119. The van der Waals surface area contributed by atoms with E-state index in [0.717, 1.165) is 29.8 Å². The van der Waals surface area contributed by atoms with Crippen molar-refractivity contribution in [3.63, 3.8) is 0 Å². The van der Waals surface area contributed by atoms with Gasteiger partial charge in [-0.05, 0) is 32.1 Å². The van der Waals surface area contributed by atoms with Crippen molar-refractivity contribution < 1.29 is 22.7 Å². The molecule has 0 fully saturated rings. The van der Waals surface area contributed by atoms with Crippen LogP contribution in [-0.2, 0) is 14.8 Å². The van der Waals surface area contributed by atoms with Gasteiger partial charge in [0.15, 0.2) is 0 Å². The van der Waals surface area contributed by atoms with Gasteiger partial charge in [0.25, 0.3) is 0 Å². The first kappa shape index (κ1) is 22.4. The van der Waals surface area contributed by atoms with Crippen molar-refractivity contribution in [2.75, 3.05) is 37.9 Å². The highest BCUT2D eigenvalue weighted by molar-refractivity contribution is 7.92. The lowest BCUT2D eigenvalue weighted by Crippen LogP contribution is -2.40. The number of carbonyl (C=O) groups excluding carboxylic acids is 1. The van der Waals surface area contributed by atoms with Gasteiger partial charge < -0.3 is 14.8 Å². The third-order valence-electron chi connectivity index (χ3n) is 4.56. The van der Waals surface area contributed by atoms with Crippen molar-refractivity contribution in [3.8, 4) is 11.5 Å². The van der Waals surface area contributed by atoms with Crippen molar-refractivity contribution in [1.82, 2.24) is 5.32 Å². The van der Waals surface area contributed by atoms with Gasteiger partial charge in [0.2, 0.25) is 15.9 Å². The Morgan fingerprint density at radius 1 is 1.21 bits per heavy atom. The number of allylic oxidation sites excluding steroid dienone is 1. The molecule has 0 heterocycles. The minimum Gasteiger partial charge on any atom is -0.495 e. The summed E-state index contributed by atoms with van der Waals surface area (Å²) < 4.78 is 36.1. The molecule has 0 atom stereocenters. The summed E-state index contributed by atoms with van der Waals surface area (Å²) >= 11 is 6.09. The van der Waals surface area contributed by atoms with E-state index in [1.807, 2.05) is 0 Å². The molecule has 1 aliphatic carbocycles. The van der Waals surface area contributed by atoms with E-state index in [9.17, 15) is 13.2 Å². The molecule has 1 aliphatic rings. The third kappa shape index (κ3) is 6.04. The zero-order valence-corrected chi connectivity index (χ0v) is 18.0. The largest absolute Gasteiger partial charge is 0.495 e. The third-order valence-corrected chi connectivity index (χ3v) is 5.98. The molecule has 9 heteroatoms. The molecule has 0 unspecified atom stereocenters. The number of nitrogens with one attached hydrogen (secondary N) is 1. The Kier molecular flexibility index (Phi) is 8.00. The van der Waals surface area contributed by atoms with Crippen LogP contribution in [0.15, 0.2) is 23.8 Å². The van der Waals surface area contributed by atoms with E-state index in [1.54, 1.807) is 0 Å². The average molecular weight is 431 g/mol. The normalized spacial score (nSPS) is 14.2. The van der Waals surface area contributed by atoms with Gasteiger partial charge in [-0.3, -0.25) is 9.10 Å². The maximum absolute atomic E-state index is 12.4. The van der Waals surface area contributed by atoms with Crippen LogP contribution in [-0.4, -0.2) is 47.9 Å². The molecular weight excluding hydrogens is 404 g/mol. The molecule has 1 aromatic rings. The number of rotatable bonds is 9. The second kappa shape index (κ2) is 10.0. The molecule has 1 aromatic carbocycles. The summed E-state index contributed by atoms with van der Waals surface area (Å²) in [5, 5.41) is 3.08. The molecular formula is C19H27ClN2O5S. The molecule has 0 aliphatic heterocycles. The quantitative estimate of drug-likeness (QED) is 0.608. The summed E-state index contributed by atoms with van der Waals surface area (Å²) in [7, 11) is -0.918. The molecule has 0 aromatic heterocycles. The standard InChI is InChI=1S/C19H27ClN2O5S/c1-26-17-12-16(18(27-2)11-15(17)20)22(28(3,24)25)13-19(23)21-10-9-14-7-5-4-6-8-14/h7,11-12H,4-6,8-10,13H2,1-3H3,(H,21,23). The van der Waals surface area contributed by atoms with Gasteiger partial charge in [0.1, 0.15) is 18.0 Å². The topological polar surface area (TPSA) is 84.9 Å². The van der Waals surface area contributed by atoms with Crippen molar-refractivity contribution in [2.45, 2.75) is 32.1 Å². The fourth-order valence-electron chi connectivity index (χ4n) is 3.10. The number of halogens is 1. The number of methoxy groups -OCH3 is 2. The summed E-state index contributed by atoms with van der Waals surface area (Å²) in [6, 6.07) is 2.91. The predicted octanol–water partition coefficient (Wildman–Crippen LogP) is 3.13. The van der Waals surface area contributed by atoms with E-state index < -0.39 is 15.9 Å². The van der Waals surface area contributed by atoms with Crippen LogP contribution in [0.4, 0.5) is 5.69 Å². The Labute approximate surface area is 171 Å². The molecule has 0 bridgehead atoms. The second-order valence-corrected chi connectivity index (χ2v) is 8.95. The molecule has 28 heavy (non-hydrogen) atoms. The Bertz CT molecular complexity index is 839. The molecule has 156 valence electrons. The Balaban J connectivity index is 2.14. The number of hydrogen-bond donors (Lipinski definition) is 1. The summed E-state index contributed by atoms with van der Waals surface area (Å²) in [6.45, 7) is 0.113. The van der Waals surface area contributed by atoms with E-state index in [1.165, 1.54) is 44.8 Å². The van der Waals surface area contributed by atoms with E-state index in [0.29, 0.717) is 6.54 Å². The van der Waals surface area contributed by atoms with Crippen LogP contribution in [0.2, 0.25) is 5.02 Å². The highest BCUT2D eigenvalue weighted by Crippen LogP contribution is 2.38. The first-order chi connectivity index (χ1) is 13.3. The van der Waals surface area contributed by atoms with Crippen molar-refractivity contribution in [3.05, 3.63) is 28.8 Å². The fourth-order valence-corrected chi connectivity index (χ4v) is 4.18. The van der Waals surface area contributed by atoms with Crippen molar-refractivity contribution in [2.24, 2.45) is 0 Å². The molecule has 1 amide bonds. The van der Waals surface area contributed by atoms with Gasteiger partial charge in [0, 0.05) is 18.7 Å². The van der Waals surface area contributed by atoms with Crippen LogP contribution in [0.3, 0.4) is 0 Å². The maximum atomic E-state index is 12.4. The molecule has 1 N–H and O–H groups in total. The van der Waals surface area contributed by atoms with Crippen LogP contribution in [0.5, 0.6) is 11.5 Å². The first-order valence-electron chi connectivity index (χ1n) is 9.10. The number of amides is 1. The minimum absolute atomic E-state index is 0.191. The smallest absolute Gasteiger partial charge is 0.240 e. The predicted molar refractivity (Wildman–Crippen MR) is 111 cm³/mol. The van der Waals surface area contributed by atoms with Gasteiger partial charge in [-0.15, -0.1) is 0 Å². The Hall–Kier alpha value is -1.93. The fraction of sp³-hybridized carbons (Fsp3) is 0.526. The Morgan fingerprint density at radius 3 is 2.50 bits per heavy atom. The second-order valence-electron chi connectivity index (χ2n) is 6.64. The summed E-state index contributed by atoms with van der Waals surface area (Å²) in [5.41, 5.74) is 1.53. The summed E-state index contributed by atoms with van der Waals surface area (Å²) in [5.74, 6) is 0.130. The van der Waals surface area contributed by atoms with E-state index in [-0.39, 0.29) is 28.8 Å². The number of benzene rings is 1. The number of ether oxygens (including phenoxy) is 2. The highest BCUT2D eigenvalue weighted by Gasteiger charge is 2.25. The van der Waals surface area contributed by atoms with E-state index in [2.05, 4.69) is 11.4 Å². The van der Waals surface area contributed by atoms with Crippen LogP contribution in [0.1, 0.15) is 32.1 Å².